The van der Waals surface area contributed by atoms with Crippen molar-refractivity contribution < 1.29 is 39.5 Å². The highest BCUT2D eigenvalue weighted by atomic mass is 16.5. The summed E-state index contributed by atoms with van der Waals surface area (Å²) in [7, 11) is 1.98. The molecule has 0 radical (unpaired) electrons. The van der Waals surface area contributed by atoms with Crippen LogP contribution in [0.1, 0.15) is 168 Å². The Hall–Kier alpha value is -4.14. The van der Waals surface area contributed by atoms with E-state index in [2.05, 4.69) is 78.7 Å². The van der Waals surface area contributed by atoms with Crippen LogP contribution >= 0.6 is 0 Å². The van der Waals surface area contributed by atoms with Crippen molar-refractivity contribution in [2.75, 3.05) is 7.05 Å². The molecule has 11 aliphatic carbocycles. The van der Waals surface area contributed by atoms with E-state index in [0.29, 0.717) is 92.8 Å². The number of aliphatic hydroxyl groups is 4. The number of aliphatic hydroxyl groups excluding tert-OH is 1. The topological polar surface area (TPSA) is 146 Å². The van der Waals surface area contributed by atoms with Gasteiger partial charge in [0.25, 0.3) is 0 Å². The largest absolute Gasteiger partial charge is 0.454 e. The van der Waals surface area contributed by atoms with E-state index in [1.165, 1.54) is 42.2 Å². The van der Waals surface area contributed by atoms with Gasteiger partial charge in [-0.15, -0.1) is 0 Å². The Balaban J connectivity index is 0.871. The van der Waals surface area contributed by atoms with Crippen LogP contribution in [0.15, 0.2) is 84.4 Å². The summed E-state index contributed by atoms with van der Waals surface area (Å²) in [4.78, 5) is 29.8. The second-order valence-corrected chi connectivity index (χ2v) is 30.4. The van der Waals surface area contributed by atoms with Gasteiger partial charge in [-0.2, -0.15) is 0 Å². The molecule has 5 N–H and O–H groups in total. The van der Waals surface area contributed by atoms with Gasteiger partial charge in [0.15, 0.2) is 0 Å². The first-order valence-corrected chi connectivity index (χ1v) is 33.0. The molecule has 9 nitrogen and oxygen atoms in total. The van der Waals surface area contributed by atoms with Gasteiger partial charge in [0.1, 0.15) is 18.0 Å². The summed E-state index contributed by atoms with van der Waals surface area (Å²) in [6, 6.07) is 26.5. The van der Waals surface area contributed by atoms with Crippen molar-refractivity contribution in [1.29, 1.82) is 0 Å². The maximum absolute atomic E-state index is 15.9. The average Bonchev–Trinajstić information content (AvgIpc) is 1.24. The van der Waals surface area contributed by atoms with Crippen LogP contribution in [0.3, 0.4) is 0 Å². The predicted molar refractivity (Wildman–Crippen MR) is 312 cm³/mol. The zero-order chi connectivity index (χ0) is 55.7. The zero-order valence-electron chi connectivity index (χ0n) is 48.7. The van der Waals surface area contributed by atoms with Crippen LogP contribution in [0, 0.1) is 105 Å². The van der Waals surface area contributed by atoms with E-state index in [4.69, 9.17) is 9.47 Å². The van der Waals surface area contributed by atoms with E-state index in [1.54, 1.807) is 6.08 Å². The minimum atomic E-state index is -1.73. The molecule has 17 rings (SSSR count). The van der Waals surface area contributed by atoms with Crippen LogP contribution < -0.4 is 5.32 Å². The van der Waals surface area contributed by atoms with E-state index < -0.39 is 45.6 Å². The van der Waals surface area contributed by atoms with Gasteiger partial charge in [0.05, 0.1) is 35.4 Å². The number of benzene rings is 3. The summed E-state index contributed by atoms with van der Waals surface area (Å²) in [5.41, 5.74) is 0.489. The van der Waals surface area contributed by atoms with Crippen LogP contribution in [0.4, 0.5) is 0 Å². The summed E-state index contributed by atoms with van der Waals surface area (Å²) in [6.45, 7) is 2.41. The standard InChI is InChI=1S/C73H89NO8/c1-42-48-18-17-45(28-48)27-43-10-8-11-44(26-43)29-56-34-54-32-52-30-50(46-12-4-3-5-13-46)20-21-60(52)70(54)40-69(41-76)63-23-25-68-24-7-6-14-47-15-9-16-51(39-75)57(47)35-62(74-2)58-33-53(65(68)59-36-64(77)82-66(58)59)37-72(68,79)71(63,78)38-55-31-49(42)19-22-61(67(70)81-56)73(55,69)80/h3-5,8-13,15-16,26,36,41-42,45,48-50,52-56,58,60-63,65-67,74-75,78-80H,7,17-25,27-35,37-40H2,1-2H3/t42-,45+,48-,49-,50-,52-,53+,54-,55+,56-,58-,60+,61+,62+,63-,65-,66+,67-,68-,69+,70+,71+,72-,73+/m1/s1. The number of hydrogen-bond acceptors (Lipinski definition) is 9. The van der Waals surface area contributed by atoms with Gasteiger partial charge in [0.2, 0.25) is 0 Å². The molecule has 0 amide bonds. The normalized spacial score (nSPS) is 49.1. The summed E-state index contributed by atoms with van der Waals surface area (Å²) < 4.78 is 14.5. The lowest BCUT2D eigenvalue weighted by molar-refractivity contribution is -0.370. The second-order valence-electron chi connectivity index (χ2n) is 30.4. The predicted octanol–water partition coefficient (Wildman–Crippen LogP) is 10.8. The molecule has 434 valence electrons. The lowest BCUT2D eigenvalue weighted by atomic mass is 9.32. The van der Waals surface area contributed by atoms with E-state index in [-0.39, 0.29) is 72.3 Å². The van der Waals surface area contributed by atoms with E-state index >= 15 is 20.1 Å². The molecule has 10 fully saturated rings. The van der Waals surface area contributed by atoms with Crippen molar-refractivity contribution in [3.63, 3.8) is 0 Å². The molecular formula is C73H89NO8. The maximum atomic E-state index is 15.9. The number of nitrogens with one attached hydrogen (secondary N) is 1. The van der Waals surface area contributed by atoms with Gasteiger partial charge >= 0.3 is 5.97 Å². The van der Waals surface area contributed by atoms with E-state index in [1.807, 2.05) is 25.2 Å². The van der Waals surface area contributed by atoms with Crippen molar-refractivity contribution in [2.45, 2.75) is 202 Å². The summed E-state index contributed by atoms with van der Waals surface area (Å²) in [5.74, 6) is 8.38. The number of hydrogen-bond donors (Lipinski definition) is 5. The number of aldehydes is 1. The molecule has 9 heteroatoms. The number of ether oxygens (including phenoxy) is 2. The number of carbonyl (C=O) groups is 2. The molecule has 0 aromatic heterocycles. The van der Waals surface area contributed by atoms with Crippen LogP contribution in [-0.2, 0) is 44.9 Å². The molecule has 3 heterocycles. The van der Waals surface area contributed by atoms with Crippen molar-refractivity contribution in [3.8, 4) is 11.8 Å². The molecule has 12 bridgehead atoms. The first kappa shape index (κ1) is 53.3. The number of likely N-dealkylation sites (N-methyl/N-ethyl adjacent to an activating group) is 1. The zero-order valence-corrected chi connectivity index (χ0v) is 48.7. The number of esters is 1. The van der Waals surface area contributed by atoms with Crippen molar-refractivity contribution in [3.05, 3.63) is 118 Å². The summed E-state index contributed by atoms with van der Waals surface area (Å²) in [6.07, 6.45) is 20.0. The molecule has 3 aliphatic heterocycles. The number of fused-ring (bicyclic) bond motifs is 14. The molecule has 2 spiro atoms. The quantitative estimate of drug-likeness (QED) is 0.0979. The van der Waals surface area contributed by atoms with Gasteiger partial charge in [0, 0.05) is 52.7 Å². The lowest BCUT2D eigenvalue weighted by Gasteiger charge is -2.75. The van der Waals surface area contributed by atoms with Crippen LogP contribution in [0.25, 0.3) is 0 Å². The third kappa shape index (κ3) is 7.21. The number of carbonyl (C=O) groups excluding carboxylic acids is 2. The Morgan fingerprint density at radius 1 is 0.768 bits per heavy atom. The monoisotopic (exact) mass is 1110 g/mol. The average molecular weight is 1110 g/mol. The van der Waals surface area contributed by atoms with Crippen LogP contribution in [0.2, 0.25) is 0 Å². The van der Waals surface area contributed by atoms with Crippen LogP contribution in [-0.4, -0.2) is 80.9 Å². The lowest BCUT2D eigenvalue weighted by Crippen LogP contribution is -2.83. The number of rotatable bonds is 4. The Kier molecular flexibility index (Phi) is 12.5. The van der Waals surface area contributed by atoms with E-state index in [9.17, 15) is 9.90 Å². The Morgan fingerprint density at radius 3 is 2.39 bits per heavy atom. The maximum Gasteiger partial charge on any atom is 0.331 e. The van der Waals surface area contributed by atoms with Gasteiger partial charge in [-0.3, -0.25) is 0 Å². The van der Waals surface area contributed by atoms with Crippen molar-refractivity contribution in [1.82, 2.24) is 5.32 Å². The third-order valence-corrected chi connectivity index (χ3v) is 28.0. The molecular weight excluding hydrogens is 1020 g/mol. The molecule has 24 atom stereocenters. The summed E-state index contributed by atoms with van der Waals surface area (Å²) >= 11 is 0. The molecule has 3 aromatic rings. The third-order valence-electron chi connectivity index (χ3n) is 28.0. The van der Waals surface area contributed by atoms with Gasteiger partial charge < -0.3 is 40.0 Å². The van der Waals surface area contributed by atoms with Crippen LogP contribution in [0.5, 0.6) is 0 Å². The Labute approximate surface area is 486 Å². The minimum absolute atomic E-state index is 0.00103. The molecule has 9 saturated carbocycles. The Morgan fingerprint density at radius 2 is 1.56 bits per heavy atom. The molecule has 82 heavy (non-hydrogen) atoms. The van der Waals surface area contributed by atoms with Gasteiger partial charge in [-0.05, 0) is 246 Å². The minimum Gasteiger partial charge on any atom is -0.454 e. The fraction of sp³-hybridized carbons (Fsp3) is 0.671. The smallest absolute Gasteiger partial charge is 0.331 e. The van der Waals surface area contributed by atoms with Crippen molar-refractivity contribution >= 4 is 12.3 Å². The Bertz CT molecular complexity index is 3150. The fourth-order valence-corrected chi connectivity index (χ4v) is 25.0. The highest BCUT2D eigenvalue weighted by Crippen LogP contribution is 2.81. The van der Waals surface area contributed by atoms with E-state index in [0.717, 1.165) is 86.5 Å². The molecule has 14 aliphatic rings. The van der Waals surface area contributed by atoms with Crippen molar-refractivity contribution in [2.24, 2.45) is 93.2 Å². The SMILES string of the molecule is CN[C@H]1Cc2c(cccc2CO)C#CCC[C@]23CC[C@H]4[C@@](O)(C[C@@H]5C[C@H]6CC[C@H]7[C@H]8O[C@H](Cc9cccc(c9)C[C@@H]9CC[C@H](C9)[C@H]6C)C[C@H]6C[C@H]9C[C@H](c%10ccccc%10)CC[C@@H]9[C@]68C[C@@]4(C=O)[C@]57O)[C@@]2(O)C[C@@H]2C[C@H]1[C@@H]1OC(=O)C=C1[C@@H]23. The molecule has 3 aromatic carbocycles. The first-order valence-electron chi connectivity index (χ1n) is 33.0. The van der Waals surface area contributed by atoms with Gasteiger partial charge in [-0.25, -0.2) is 4.79 Å². The van der Waals surface area contributed by atoms with Gasteiger partial charge in [-0.1, -0.05) is 85.5 Å². The summed E-state index contributed by atoms with van der Waals surface area (Å²) in [5, 5.41) is 59.8. The molecule has 0 unspecified atom stereocenters. The fourth-order valence-electron chi connectivity index (χ4n) is 25.0. The second kappa shape index (κ2) is 19.2. The first-order chi connectivity index (χ1) is 39.8. The highest BCUT2D eigenvalue weighted by molar-refractivity contribution is 5.86. The molecule has 1 saturated heterocycles. The highest BCUT2D eigenvalue weighted by Gasteiger charge is 2.86.